The van der Waals surface area contributed by atoms with Gasteiger partial charge < -0.3 is 4.74 Å². The first-order chi connectivity index (χ1) is 9.54. The molecule has 1 aromatic heterocycles. The monoisotopic (exact) mass is 295 g/mol. The van der Waals surface area contributed by atoms with E-state index in [0.29, 0.717) is 0 Å². The van der Waals surface area contributed by atoms with E-state index >= 15 is 0 Å². The third-order valence-corrected chi connectivity index (χ3v) is 3.73. The summed E-state index contributed by atoms with van der Waals surface area (Å²) in [6.45, 7) is 1.88. The maximum Gasteiger partial charge on any atom is 0.340 e. The average molecular weight is 295 g/mol. The summed E-state index contributed by atoms with van der Waals surface area (Å²) in [6, 6.07) is 7.53. The van der Waals surface area contributed by atoms with Crippen LogP contribution in [0.1, 0.15) is 17.3 Å². The van der Waals surface area contributed by atoms with E-state index < -0.39 is 16.0 Å². The number of sulfonamides is 1. The highest BCUT2D eigenvalue weighted by molar-refractivity contribution is 7.92. The van der Waals surface area contributed by atoms with Crippen molar-refractivity contribution in [2.45, 2.75) is 11.9 Å². The largest absolute Gasteiger partial charge is 0.462 e. The average Bonchev–Trinajstić information content (AvgIpc) is 2.94. The van der Waals surface area contributed by atoms with E-state index in [-0.39, 0.29) is 22.9 Å². The van der Waals surface area contributed by atoms with Crippen molar-refractivity contribution >= 4 is 21.7 Å². The quantitative estimate of drug-likeness (QED) is 0.812. The summed E-state index contributed by atoms with van der Waals surface area (Å²) in [7, 11) is -3.82. The van der Waals surface area contributed by atoms with Crippen LogP contribution in [-0.4, -0.2) is 31.2 Å². The van der Waals surface area contributed by atoms with Crippen molar-refractivity contribution in [3.8, 4) is 0 Å². The molecule has 0 atom stereocenters. The Morgan fingerprint density at radius 1 is 1.35 bits per heavy atom. The van der Waals surface area contributed by atoms with Gasteiger partial charge in [-0.2, -0.15) is 13.5 Å². The fraction of sp³-hybridized carbons (Fsp3) is 0.167. The molecule has 0 saturated carbocycles. The summed E-state index contributed by atoms with van der Waals surface area (Å²) in [5, 5.41) is 5.85. The molecule has 106 valence electrons. The van der Waals surface area contributed by atoms with Crippen LogP contribution in [0.5, 0.6) is 0 Å². The number of benzene rings is 1. The fourth-order valence-electron chi connectivity index (χ4n) is 1.55. The van der Waals surface area contributed by atoms with Crippen LogP contribution in [0.2, 0.25) is 0 Å². The second-order valence-corrected chi connectivity index (χ2v) is 5.44. The number of aromatic amines is 1. The molecule has 0 amide bonds. The minimum absolute atomic E-state index is 0.0869. The normalized spacial score (nSPS) is 11.1. The molecule has 2 aromatic rings. The van der Waals surface area contributed by atoms with Crippen LogP contribution in [0.25, 0.3) is 0 Å². The third-order valence-electron chi connectivity index (χ3n) is 2.43. The minimum atomic E-state index is -3.82. The Morgan fingerprint density at radius 3 is 2.75 bits per heavy atom. The molecule has 7 nitrogen and oxygen atoms in total. The smallest absolute Gasteiger partial charge is 0.340 e. The van der Waals surface area contributed by atoms with Gasteiger partial charge in [0, 0.05) is 0 Å². The molecule has 0 aliphatic carbocycles. The number of anilines is 1. The lowest BCUT2D eigenvalue weighted by atomic mass is 10.2. The maximum absolute atomic E-state index is 12.1. The number of H-pyrrole nitrogens is 1. The van der Waals surface area contributed by atoms with Gasteiger partial charge in [-0.1, -0.05) is 12.1 Å². The van der Waals surface area contributed by atoms with Crippen LogP contribution in [0, 0.1) is 0 Å². The van der Waals surface area contributed by atoms with E-state index in [9.17, 15) is 13.2 Å². The molecule has 2 rings (SSSR count). The highest BCUT2D eigenvalue weighted by Crippen LogP contribution is 2.19. The summed E-state index contributed by atoms with van der Waals surface area (Å²) < 4.78 is 31.3. The van der Waals surface area contributed by atoms with E-state index in [1.54, 1.807) is 19.1 Å². The van der Waals surface area contributed by atoms with Crippen molar-refractivity contribution in [3.63, 3.8) is 0 Å². The Hall–Kier alpha value is -2.35. The second-order valence-electron chi connectivity index (χ2n) is 3.79. The predicted octanol–water partition coefficient (Wildman–Crippen LogP) is 1.39. The molecule has 20 heavy (non-hydrogen) atoms. The summed E-state index contributed by atoms with van der Waals surface area (Å²) >= 11 is 0. The zero-order valence-corrected chi connectivity index (χ0v) is 11.5. The van der Waals surface area contributed by atoms with Crippen molar-refractivity contribution in [1.29, 1.82) is 0 Å². The fourth-order valence-corrected chi connectivity index (χ4v) is 2.54. The van der Waals surface area contributed by atoms with Gasteiger partial charge in [0.05, 0.1) is 24.1 Å². The summed E-state index contributed by atoms with van der Waals surface area (Å²) in [4.78, 5) is 11.8. The third kappa shape index (κ3) is 2.97. The highest BCUT2D eigenvalue weighted by Gasteiger charge is 2.19. The zero-order valence-electron chi connectivity index (χ0n) is 10.7. The molecular weight excluding hydrogens is 282 g/mol. The lowest BCUT2D eigenvalue weighted by Gasteiger charge is -2.10. The summed E-state index contributed by atoms with van der Waals surface area (Å²) in [5.74, 6) is -0.588. The Labute approximate surface area is 116 Å². The molecule has 1 heterocycles. The number of hydrogen-bond acceptors (Lipinski definition) is 5. The highest BCUT2D eigenvalue weighted by atomic mass is 32.2. The predicted molar refractivity (Wildman–Crippen MR) is 71.8 cm³/mol. The first-order valence-electron chi connectivity index (χ1n) is 5.83. The van der Waals surface area contributed by atoms with Gasteiger partial charge in [-0.25, -0.2) is 4.79 Å². The summed E-state index contributed by atoms with van der Waals surface area (Å²) in [5.41, 5.74) is 0.304. The van der Waals surface area contributed by atoms with Gasteiger partial charge in [0.25, 0.3) is 10.0 Å². The summed E-state index contributed by atoms with van der Waals surface area (Å²) in [6.07, 6.45) is 1.33. The second kappa shape index (κ2) is 5.74. The van der Waals surface area contributed by atoms with Gasteiger partial charge >= 0.3 is 5.97 Å². The van der Waals surface area contributed by atoms with Crippen LogP contribution in [-0.2, 0) is 14.8 Å². The molecule has 0 aliphatic rings. The topological polar surface area (TPSA) is 101 Å². The zero-order chi connectivity index (χ0) is 14.6. The van der Waals surface area contributed by atoms with E-state index in [0.717, 1.165) is 0 Å². The van der Waals surface area contributed by atoms with Gasteiger partial charge in [-0.05, 0) is 25.1 Å². The molecular formula is C12H13N3O4S. The number of esters is 1. The van der Waals surface area contributed by atoms with Crippen molar-refractivity contribution in [1.82, 2.24) is 10.2 Å². The molecule has 0 unspecified atom stereocenters. The SMILES string of the molecule is CCOC(=O)c1ccccc1NS(=O)(=O)c1ccn[nH]1. The van der Waals surface area contributed by atoms with Crippen molar-refractivity contribution in [2.24, 2.45) is 0 Å². The molecule has 0 bridgehead atoms. The number of rotatable bonds is 5. The first-order valence-corrected chi connectivity index (χ1v) is 7.31. The number of aromatic nitrogens is 2. The van der Waals surface area contributed by atoms with Crippen LogP contribution in [0.15, 0.2) is 41.6 Å². The number of ether oxygens (including phenoxy) is 1. The molecule has 0 fully saturated rings. The lowest BCUT2D eigenvalue weighted by Crippen LogP contribution is -2.16. The van der Waals surface area contributed by atoms with Crippen LogP contribution in [0.3, 0.4) is 0 Å². The number of carbonyl (C=O) groups is 1. The van der Waals surface area contributed by atoms with Crippen molar-refractivity contribution < 1.29 is 17.9 Å². The number of nitrogens with zero attached hydrogens (tertiary/aromatic N) is 1. The number of nitrogens with one attached hydrogen (secondary N) is 2. The van der Waals surface area contributed by atoms with Gasteiger partial charge in [-0.15, -0.1) is 0 Å². The standard InChI is InChI=1S/C12H13N3O4S/c1-2-19-12(16)9-5-3-4-6-10(9)15-20(17,18)11-7-8-13-14-11/h3-8,15H,2H2,1H3,(H,13,14). The van der Waals surface area contributed by atoms with Crippen LogP contribution >= 0.6 is 0 Å². The maximum atomic E-state index is 12.1. The Balaban J connectivity index is 2.33. The van der Waals surface area contributed by atoms with E-state index in [2.05, 4.69) is 14.9 Å². The van der Waals surface area contributed by atoms with Gasteiger partial charge in [-0.3, -0.25) is 9.82 Å². The molecule has 0 radical (unpaired) electrons. The van der Waals surface area contributed by atoms with Gasteiger partial charge in [0.15, 0.2) is 5.03 Å². The molecule has 0 spiro atoms. The molecule has 0 saturated heterocycles. The lowest BCUT2D eigenvalue weighted by molar-refractivity contribution is 0.0527. The molecule has 0 aliphatic heterocycles. The van der Waals surface area contributed by atoms with Crippen molar-refractivity contribution in [3.05, 3.63) is 42.1 Å². The van der Waals surface area contributed by atoms with Gasteiger partial charge in [0.2, 0.25) is 0 Å². The van der Waals surface area contributed by atoms with E-state index in [1.807, 2.05) is 0 Å². The van der Waals surface area contributed by atoms with Crippen molar-refractivity contribution in [2.75, 3.05) is 11.3 Å². The van der Waals surface area contributed by atoms with Gasteiger partial charge in [0.1, 0.15) is 0 Å². The number of carbonyl (C=O) groups excluding carboxylic acids is 1. The molecule has 2 N–H and O–H groups in total. The Kier molecular flexibility index (Phi) is 4.04. The number of hydrogen-bond donors (Lipinski definition) is 2. The molecule has 8 heteroatoms. The minimum Gasteiger partial charge on any atom is -0.462 e. The Bertz CT molecular complexity index is 695. The Morgan fingerprint density at radius 2 is 2.10 bits per heavy atom. The number of para-hydroxylation sites is 1. The first kappa shape index (κ1) is 14.1. The van der Waals surface area contributed by atoms with Crippen LogP contribution in [0.4, 0.5) is 5.69 Å². The van der Waals surface area contributed by atoms with Crippen LogP contribution < -0.4 is 4.72 Å². The molecule has 1 aromatic carbocycles. The van der Waals surface area contributed by atoms with E-state index in [4.69, 9.17) is 4.74 Å². The van der Waals surface area contributed by atoms with E-state index in [1.165, 1.54) is 24.4 Å².